The van der Waals surface area contributed by atoms with Crippen molar-refractivity contribution in [3.63, 3.8) is 0 Å². The van der Waals surface area contributed by atoms with E-state index in [0.29, 0.717) is 0 Å². The van der Waals surface area contributed by atoms with Crippen LogP contribution in [0.25, 0.3) is 0 Å². The van der Waals surface area contributed by atoms with Gasteiger partial charge in [-0.15, -0.1) is 0 Å². The third-order valence-electron chi connectivity index (χ3n) is 4.38. The van der Waals surface area contributed by atoms with Gasteiger partial charge >= 0.3 is 0 Å². The van der Waals surface area contributed by atoms with E-state index in [4.69, 9.17) is 16.3 Å². The van der Waals surface area contributed by atoms with Crippen molar-refractivity contribution in [3.05, 3.63) is 22.7 Å². The minimum Gasteiger partial charge on any atom is -0.475 e. The van der Waals surface area contributed by atoms with Crippen molar-refractivity contribution < 1.29 is 4.74 Å². The molecule has 22 heavy (non-hydrogen) atoms. The van der Waals surface area contributed by atoms with Gasteiger partial charge in [-0.05, 0) is 39.1 Å². The highest BCUT2D eigenvalue weighted by molar-refractivity contribution is 6.31. The number of rotatable bonds is 6. The maximum absolute atomic E-state index is 6.34. The molecule has 0 radical (unpaired) electrons. The van der Waals surface area contributed by atoms with E-state index in [1.807, 2.05) is 6.07 Å². The maximum atomic E-state index is 6.34. The number of piperazine rings is 1. The lowest BCUT2D eigenvalue weighted by Gasteiger charge is -2.32. The van der Waals surface area contributed by atoms with E-state index < -0.39 is 0 Å². The highest BCUT2D eigenvalue weighted by atomic mass is 35.5. The predicted octanol–water partition coefficient (Wildman–Crippen LogP) is 3.12. The van der Waals surface area contributed by atoms with Gasteiger partial charge in [0.1, 0.15) is 12.0 Å². The van der Waals surface area contributed by atoms with Crippen LogP contribution in [0.2, 0.25) is 5.02 Å². The van der Waals surface area contributed by atoms with E-state index in [0.717, 1.165) is 50.0 Å². The SMILES string of the molecule is CCN(CC)C(C)Oc1cc(Cl)cc(N2CCNCC2)c1C. The van der Waals surface area contributed by atoms with Gasteiger partial charge in [-0.3, -0.25) is 4.90 Å². The van der Waals surface area contributed by atoms with Crippen molar-refractivity contribution in [1.29, 1.82) is 0 Å². The number of halogens is 1. The van der Waals surface area contributed by atoms with Crippen LogP contribution in [-0.2, 0) is 0 Å². The Morgan fingerprint density at radius 1 is 1.27 bits per heavy atom. The second-order valence-electron chi connectivity index (χ2n) is 5.72. The molecule has 0 aliphatic carbocycles. The molecule has 1 aliphatic rings. The van der Waals surface area contributed by atoms with Crippen molar-refractivity contribution in [3.8, 4) is 5.75 Å². The van der Waals surface area contributed by atoms with Gasteiger partial charge in [0.15, 0.2) is 0 Å². The molecule has 0 bridgehead atoms. The minimum atomic E-state index is 0.0445. The van der Waals surface area contributed by atoms with Crippen LogP contribution in [0.1, 0.15) is 26.3 Å². The summed E-state index contributed by atoms with van der Waals surface area (Å²) in [5, 5.41) is 4.12. The normalized spacial score (nSPS) is 16.9. The van der Waals surface area contributed by atoms with E-state index >= 15 is 0 Å². The van der Waals surface area contributed by atoms with Gasteiger partial charge in [0.25, 0.3) is 0 Å². The molecule has 0 saturated carbocycles. The number of nitrogens with zero attached hydrogens (tertiary/aromatic N) is 2. The molecule has 1 heterocycles. The van der Waals surface area contributed by atoms with Gasteiger partial charge in [-0.2, -0.15) is 0 Å². The standard InChI is InChI=1S/C17H28ClN3O/c1-5-20(6-2)14(4)22-17-12-15(18)11-16(13(17)3)21-9-7-19-8-10-21/h11-12,14,19H,5-10H2,1-4H3. The second-order valence-corrected chi connectivity index (χ2v) is 6.16. The zero-order chi connectivity index (χ0) is 16.1. The van der Waals surface area contributed by atoms with Crippen molar-refractivity contribution in [1.82, 2.24) is 10.2 Å². The Kier molecular flexibility index (Phi) is 6.36. The first kappa shape index (κ1) is 17.4. The van der Waals surface area contributed by atoms with Crippen LogP contribution < -0.4 is 15.0 Å². The highest BCUT2D eigenvalue weighted by Crippen LogP contribution is 2.33. The van der Waals surface area contributed by atoms with Gasteiger partial charge in [0, 0.05) is 42.5 Å². The zero-order valence-electron chi connectivity index (χ0n) is 14.2. The summed E-state index contributed by atoms with van der Waals surface area (Å²) in [7, 11) is 0. The molecular weight excluding hydrogens is 298 g/mol. The minimum absolute atomic E-state index is 0.0445. The maximum Gasteiger partial charge on any atom is 0.149 e. The lowest BCUT2D eigenvalue weighted by Crippen LogP contribution is -2.43. The smallest absolute Gasteiger partial charge is 0.149 e. The lowest BCUT2D eigenvalue weighted by atomic mass is 10.1. The molecular formula is C17H28ClN3O. The summed E-state index contributed by atoms with van der Waals surface area (Å²) in [6.07, 6.45) is 0.0445. The Bertz CT molecular complexity index is 485. The van der Waals surface area contributed by atoms with Crippen molar-refractivity contribution >= 4 is 17.3 Å². The molecule has 1 fully saturated rings. The molecule has 0 spiro atoms. The van der Waals surface area contributed by atoms with E-state index in [1.165, 1.54) is 11.3 Å². The number of anilines is 1. The molecule has 1 aromatic rings. The number of nitrogens with one attached hydrogen (secondary N) is 1. The van der Waals surface area contributed by atoms with Crippen LogP contribution in [0.15, 0.2) is 12.1 Å². The Hall–Kier alpha value is -0.970. The average Bonchev–Trinajstić information content (AvgIpc) is 2.52. The van der Waals surface area contributed by atoms with Crippen LogP contribution >= 0.6 is 11.6 Å². The first-order valence-corrected chi connectivity index (χ1v) is 8.61. The Balaban J connectivity index is 2.22. The fourth-order valence-corrected chi connectivity index (χ4v) is 3.20. The van der Waals surface area contributed by atoms with Crippen molar-refractivity contribution in [2.24, 2.45) is 0 Å². The molecule has 5 heteroatoms. The Morgan fingerprint density at radius 3 is 2.50 bits per heavy atom. The summed E-state index contributed by atoms with van der Waals surface area (Å²) in [4.78, 5) is 4.66. The third-order valence-corrected chi connectivity index (χ3v) is 4.60. The molecule has 124 valence electrons. The van der Waals surface area contributed by atoms with Crippen LogP contribution in [0, 0.1) is 6.92 Å². The molecule has 2 rings (SSSR count). The average molecular weight is 326 g/mol. The Morgan fingerprint density at radius 2 is 1.91 bits per heavy atom. The van der Waals surface area contributed by atoms with Crippen LogP contribution in [-0.4, -0.2) is 50.4 Å². The molecule has 1 aromatic carbocycles. The van der Waals surface area contributed by atoms with Crippen LogP contribution in [0.4, 0.5) is 5.69 Å². The summed E-state index contributed by atoms with van der Waals surface area (Å²) in [6, 6.07) is 3.99. The van der Waals surface area contributed by atoms with Crippen LogP contribution in [0.3, 0.4) is 0 Å². The van der Waals surface area contributed by atoms with Gasteiger partial charge < -0.3 is 15.0 Å². The zero-order valence-corrected chi connectivity index (χ0v) is 14.9. The molecule has 1 unspecified atom stereocenters. The number of hydrogen-bond donors (Lipinski definition) is 1. The molecule has 0 aromatic heterocycles. The quantitative estimate of drug-likeness (QED) is 0.813. The molecule has 0 amide bonds. The number of benzene rings is 1. The van der Waals surface area contributed by atoms with E-state index in [2.05, 4.69) is 48.9 Å². The molecule has 1 atom stereocenters. The predicted molar refractivity (Wildman–Crippen MR) is 94.3 cm³/mol. The Labute approximate surface area is 139 Å². The van der Waals surface area contributed by atoms with E-state index in [-0.39, 0.29) is 6.23 Å². The molecule has 1 aliphatic heterocycles. The third kappa shape index (κ3) is 4.06. The van der Waals surface area contributed by atoms with Crippen LogP contribution in [0.5, 0.6) is 5.75 Å². The van der Waals surface area contributed by atoms with Crippen molar-refractivity contribution in [2.75, 3.05) is 44.2 Å². The number of ether oxygens (including phenoxy) is 1. The highest BCUT2D eigenvalue weighted by Gasteiger charge is 2.19. The lowest BCUT2D eigenvalue weighted by molar-refractivity contribution is 0.0475. The van der Waals surface area contributed by atoms with E-state index in [1.54, 1.807) is 0 Å². The second kappa shape index (κ2) is 8.04. The summed E-state index contributed by atoms with van der Waals surface area (Å²) in [5.74, 6) is 0.889. The molecule has 1 saturated heterocycles. The van der Waals surface area contributed by atoms with Crippen molar-refractivity contribution in [2.45, 2.75) is 33.9 Å². The largest absolute Gasteiger partial charge is 0.475 e. The molecule has 4 nitrogen and oxygen atoms in total. The first-order valence-electron chi connectivity index (χ1n) is 8.23. The summed E-state index contributed by atoms with van der Waals surface area (Å²) in [5.41, 5.74) is 2.36. The van der Waals surface area contributed by atoms with Gasteiger partial charge in [0.2, 0.25) is 0 Å². The fraction of sp³-hybridized carbons (Fsp3) is 0.647. The topological polar surface area (TPSA) is 27.7 Å². The number of hydrogen-bond acceptors (Lipinski definition) is 4. The summed E-state index contributed by atoms with van der Waals surface area (Å²) >= 11 is 6.34. The monoisotopic (exact) mass is 325 g/mol. The van der Waals surface area contributed by atoms with Gasteiger partial charge in [-0.25, -0.2) is 0 Å². The first-order chi connectivity index (χ1) is 10.6. The summed E-state index contributed by atoms with van der Waals surface area (Å²) < 4.78 is 6.20. The van der Waals surface area contributed by atoms with Gasteiger partial charge in [0.05, 0.1) is 0 Å². The van der Waals surface area contributed by atoms with E-state index in [9.17, 15) is 0 Å². The molecule has 1 N–H and O–H groups in total. The summed E-state index contributed by atoms with van der Waals surface area (Å²) in [6.45, 7) is 14.5. The van der Waals surface area contributed by atoms with Gasteiger partial charge in [-0.1, -0.05) is 25.4 Å². The fourth-order valence-electron chi connectivity index (χ4n) is 2.99.